The Bertz CT molecular complexity index is 1090. The summed E-state index contributed by atoms with van der Waals surface area (Å²) in [4.78, 5) is 51.6. The van der Waals surface area contributed by atoms with Gasteiger partial charge >= 0.3 is 5.97 Å². The average Bonchev–Trinajstić information content (AvgIpc) is 3.38. The van der Waals surface area contributed by atoms with E-state index in [4.69, 9.17) is 4.74 Å². The quantitative estimate of drug-likeness (QED) is 0.304. The summed E-state index contributed by atoms with van der Waals surface area (Å²) in [6.45, 7) is 8.28. The van der Waals surface area contributed by atoms with Gasteiger partial charge in [-0.2, -0.15) is 0 Å². The van der Waals surface area contributed by atoms with Crippen LogP contribution in [0.2, 0.25) is 0 Å². The Labute approximate surface area is 245 Å². The maximum absolute atomic E-state index is 13.3. The van der Waals surface area contributed by atoms with Gasteiger partial charge < -0.3 is 20.7 Å². The Morgan fingerprint density at radius 1 is 1.10 bits per heavy atom. The SMILES string of the molecule is C[C@H]1CCCC2CC[C@H](CC[C@@H](C(=O)NCC3C=CC=C(NC(=O)CC(C)(C)C4(C)C=CCOC4=O)C3)NC1=O)C2. The molecule has 2 bridgehead atoms. The summed E-state index contributed by atoms with van der Waals surface area (Å²) in [5, 5.41) is 9.14. The minimum atomic E-state index is -0.879. The molecule has 3 amide bonds. The van der Waals surface area contributed by atoms with Crippen LogP contribution in [0, 0.1) is 34.5 Å². The summed E-state index contributed by atoms with van der Waals surface area (Å²) in [6.07, 6.45) is 18.8. The minimum Gasteiger partial charge on any atom is -0.461 e. The van der Waals surface area contributed by atoms with E-state index < -0.39 is 16.9 Å². The molecule has 2 aliphatic heterocycles. The van der Waals surface area contributed by atoms with E-state index in [9.17, 15) is 19.2 Å². The van der Waals surface area contributed by atoms with Crippen molar-refractivity contribution >= 4 is 23.7 Å². The fourth-order valence-electron chi connectivity index (χ4n) is 6.80. The Balaban J connectivity index is 1.28. The second kappa shape index (κ2) is 13.4. The number of hydrogen-bond donors (Lipinski definition) is 3. The molecule has 2 aliphatic carbocycles. The van der Waals surface area contributed by atoms with Gasteiger partial charge in [0.05, 0.1) is 5.41 Å². The molecule has 3 unspecified atom stereocenters. The molecule has 0 radical (unpaired) electrons. The second-order valence-electron chi connectivity index (χ2n) is 13.6. The van der Waals surface area contributed by atoms with Crippen molar-refractivity contribution < 1.29 is 23.9 Å². The van der Waals surface area contributed by atoms with E-state index in [0.29, 0.717) is 25.3 Å². The van der Waals surface area contributed by atoms with Crippen molar-refractivity contribution in [1.29, 1.82) is 0 Å². The molecule has 226 valence electrons. The monoisotopic (exact) mass is 567 g/mol. The zero-order chi connectivity index (χ0) is 29.6. The van der Waals surface area contributed by atoms with Gasteiger partial charge in [-0.15, -0.1) is 0 Å². The maximum Gasteiger partial charge on any atom is 0.316 e. The Morgan fingerprint density at radius 2 is 1.83 bits per heavy atom. The molecule has 1 saturated carbocycles. The van der Waals surface area contributed by atoms with E-state index in [1.165, 1.54) is 25.7 Å². The molecule has 1 saturated heterocycles. The van der Waals surface area contributed by atoms with Gasteiger partial charge in [-0.25, -0.2) is 0 Å². The first-order chi connectivity index (χ1) is 19.5. The summed E-state index contributed by atoms with van der Waals surface area (Å²) in [7, 11) is 0. The van der Waals surface area contributed by atoms with E-state index >= 15 is 0 Å². The molecule has 2 fully saturated rings. The average molecular weight is 568 g/mol. The van der Waals surface area contributed by atoms with Gasteiger partial charge in [0.2, 0.25) is 17.7 Å². The first-order valence-electron chi connectivity index (χ1n) is 15.6. The van der Waals surface area contributed by atoms with Crippen LogP contribution in [0.15, 0.2) is 36.1 Å². The summed E-state index contributed by atoms with van der Waals surface area (Å²) in [5.41, 5.74) is -0.738. The lowest BCUT2D eigenvalue weighted by Gasteiger charge is -2.41. The molecular formula is C33H49N3O5. The molecule has 8 nitrogen and oxygen atoms in total. The topological polar surface area (TPSA) is 114 Å². The molecule has 2 heterocycles. The maximum atomic E-state index is 13.3. The lowest BCUT2D eigenvalue weighted by Crippen LogP contribution is -2.49. The minimum absolute atomic E-state index is 0.0255. The van der Waals surface area contributed by atoms with Crippen LogP contribution >= 0.6 is 0 Å². The van der Waals surface area contributed by atoms with Crippen molar-refractivity contribution in [3.63, 3.8) is 0 Å². The number of fused-ring (bicyclic) bond motifs is 2. The van der Waals surface area contributed by atoms with Crippen molar-refractivity contribution in [3.8, 4) is 0 Å². The summed E-state index contributed by atoms with van der Waals surface area (Å²) in [6, 6.07) is -0.519. The zero-order valence-corrected chi connectivity index (χ0v) is 25.3. The first kappa shape index (κ1) is 31.0. The highest BCUT2D eigenvalue weighted by Gasteiger charge is 2.48. The highest BCUT2D eigenvalue weighted by atomic mass is 16.5. The number of nitrogens with one attached hydrogen (secondary N) is 3. The van der Waals surface area contributed by atoms with E-state index in [1.807, 2.05) is 58.1 Å². The highest BCUT2D eigenvalue weighted by molar-refractivity contribution is 5.88. The predicted molar refractivity (Wildman–Crippen MR) is 158 cm³/mol. The lowest BCUT2D eigenvalue weighted by molar-refractivity contribution is -0.159. The fraction of sp³-hybridized carbons (Fsp3) is 0.697. The van der Waals surface area contributed by atoms with Crippen molar-refractivity contribution in [2.45, 2.75) is 97.9 Å². The van der Waals surface area contributed by atoms with Gasteiger partial charge in [0.15, 0.2) is 0 Å². The lowest BCUT2D eigenvalue weighted by atomic mass is 9.64. The molecule has 0 aromatic heterocycles. The third-order valence-electron chi connectivity index (χ3n) is 10.0. The number of hydrogen-bond acceptors (Lipinski definition) is 5. The molecule has 0 aromatic rings. The number of esters is 1. The third kappa shape index (κ3) is 7.89. The highest BCUT2D eigenvalue weighted by Crippen LogP contribution is 2.45. The van der Waals surface area contributed by atoms with Gasteiger partial charge in [0.1, 0.15) is 12.6 Å². The van der Waals surface area contributed by atoms with Crippen LogP contribution in [-0.4, -0.2) is 42.9 Å². The van der Waals surface area contributed by atoms with Crippen LogP contribution in [-0.2, 0) is 23.9 Å². The molecule has 6 atom stereocenters. The van der Waals surface area contributed by atoms with Crippen LogP contribution in [0.1, 0.15) is 91.9 Å². The van der Waals surface area contributed by atoms with Gasteiger partial charge in [0.25, 0.3) is 0 Å². The van der Waals surface area contributed by atoms with Gasteiger partial charge in [-0.1, -0.05) is 70.8 Å². The largest absolute Gasteiger partial charge is 0.461 e. The Morgan fingerprint density at radius 3 is 2.59 bits per heavy atom. The first-order valence-corrected chi connectivity index (χ1v) is 15.6. The normalized spacial score (nSPS) is 32.6. The Kier molecular flexibility index (Phi) is 10.1. The van der Waals surface area contributed by atoms with Gasteiger partial charge in [-0.05, 0) is 68.3 Å². The number of rotatable bonds is 7. The van der Waals surface area contributed by atoms with Crippen LogP contribution in [0.4, 0.5) is 0 Å². The van der Waals surface area contributed by atoms with Crippen molar-refractivity contribution in [3.05, 3.63) is 36.1 Å². The van der Waals surface area contributed by atoms with E-state index in [1.54, 1.807) is 0 Å². The molecule has 41 heavy (non-hydrogen) atoms. The predicted octanol–water partition coefficient (Wildman–Crippen LogP) is 4.72. The molecule has 0 aromatic carbocycles. The van der Waals surface area contributed by atoms with E-state index in [0.717, 1.165) is 30.9 Å². The number of carbonyl (C=O) groups is 4. The summed E-state index contributed by atoms with van der Waals surface area (Å²) >= 11 is 0. The van der Waals surface area contributed by atoms with Crippen LogP contribution in [0.3, 0.4) is 0 Å². The summed E-state index contributed by atoms with van der Waals surface area (Å²) in [5.74, 6) is 0.723. The fourth-order valence-corrected chi connectivity index (χ4v) is 6.80. The molecule has 0 spiro atoms. The van der Waals surface area contributed by atoms with Crippen molar-refractivity contribution in [1.82, 2.24) is 16.0 Å². The second-order valence-corrected chi connectivity index (χ2v) is 13.6. The van der Waals surface area contributed by atoms with E-state index in [-0.39, 0.29) is 48.6 Å². The zero-order valence-electron chi connectivity index (χ0n) is 25.3. The van der Waals surface area contributed by atoms with Crippen molar-refractivity contribution in [2.24, 2.45) is 34.5 Å². The number of cyclic esters (lactones) is 1. The number of ether oxygens (including phenoxy) is 1. The van der Waals surface area contributed by atoms with Gasteiger partial charge in [-0.3, -0.25) is 19.2 Å². The number of allylic oxidation sites excluding steroid dienone is 3. The number of amides is 3. The van der Waals surface area contributed by atoms with Crippen molar-refractivity contribution in [2.75, 3.05) is 13.2 Å². The third-order valence-corrected chi connectivity index (χ3v) is 10.0. The smallest absolute Gasteiger partial charge is 0.316 e. The summed E-state index contributed by atoms with van der Waals surface area (Å²) < 4.78 is 5.24. The van der Waals surface area contributed by atoms with Crippen LogP contribution in [0.25, 0.3) is 0 Å². The molecule has 3 N–H and O–H groups in total. The molecule has 4 aliphatic rings. The Hall–Kier alpha value is -2.90. The molecular weight excluding hydrogens is 518 g/mol. The van der Waals surface area contributed by atoms with Crippen LogP contribution in [0.5, 0.6) is 0 Å². The van der Waals surface area contributed by atoms with Gasteiger partial charge in [0, 0.05) is 24.6 Å². The van der Waals surface area contributed by atoms with E-state index in [2.05, 4.69) is 16.0 Å². The molecule has 8 heteroatoms. The molecule has 4 rings (SSSR count). The standard InChI is InChI=1S/C33H49N3O5/c1-22-8-5-9-23-12-13-24(18-23)14-15-27(36-29(22)38)30(39)34-21-25-10-6-11-26(19-25)35-28(37)20-32(2,3)33(4)16-7-17-41-31(33)40/h6-7,10-11,16,22-25,27H,5,8-9,12-15,17-21H2,1-4H3,(H,34,39)(H,35,37)(H,36,38)/t22-,23?,24+,25?,27-,33?/m0/s1. The van der Waals surface area contributed by atoms with Crippen LogP contribution < -0.4 is 16.0 Å². The number of carbonyl (C=O) groups excluding carboxylic acids is 4.